The van der Waals surface area contributed by atoms with Crippen LogP contribution in [-0.4, -0.2) is 32.3 Å². The average Bonchev–Trinajstić information content (AvgIpc) is 2.31. The number of piperidine rings is 1. The zero-order valence-electron chi connectivity index (χ0n) is 10.3. The second-order valence-corrected chi connectivity index (χ2v) is 4.40. The van der Waals surface area contributed by atoms with E-state index < -0.39 is 0 Å². The van der Waals surface area contributed by atoms with E-state index in [0.717, 1.165) is 44.8 Å². The maximum atomic E-state index is 11.2. The van der Waals surface area contributed by atoms with Gasteiger partial charge in [-0.1, -0.05) is 13.3 Å². The molecule has 0 spiro atoms. The highest BCUT2D eigenvalue weighted by Gasteiger charge is 2.12. The molecule has 4 heteroatoms. The summed E-state index contributed by atoms with van der Waals surface area (Å²) in [5.74, 6) is 0.761. The number of carbonyl (C=O) groups excluding carboxylic acids is 1. The Labute approximate surface area is 98.1 Å². The van der Waals surface area contributed by atoms with E-state index in [1.165, 1.54) is 12.8 Å². The van der Waals surface area contributed by atoms with Crippen LogP contribution >= 0.6 is 0 Å². The van der Waals surface area contributed by atoms with Crippen LogP contribution < -0.4 is 10.6 Å². The van der Waals surface area contributed by atoms with E-state index in [1.807, 2.05) is 0 Å². The number of ether oxygens (including phenoxy) is 1. The Kier molecular flexibility index (Phi) is 6.97. The van der Waals surface area contributed by atoms with Gasteiger partial charge in [0.05, 0.1) is 6.61 Å². The van der Waals surface area contributed by atoms with Crippen molar-refractivity contribution in [2.75, 3.05) is 26.2 Å². The fraction of sp³-hybridized carbons (Fsp3) is 0.917. The van der Waals surface area contributed by atoms with Crippen LogP contribution in [0.2, 0.25) is 0 Å². The van der Waals surface area contributed by atoms with E-state index in [0.29, 0.717) is 6.61 Å². The number of rotatable bonds is 6. The molecule has 1 fully saturated rings. The number of nitrogens with one attached hydrogen (secondary N) is 2. The molecular weight excluding hydrogens is 204 g/mol. The number of amides is 1. The molecule has 1 aliphatic heterocycles. The summed E-state index contributed by atoms with van der Waals surface area (Å²) in [5, 5.41) is 6.14. The first-order chi connectivity index (χ1) is 7.83. The maximum Gasteiger partial charge on any atom is 0.407 e. The molecule has 16 heavy (non-hydrogen) atoms. The summed E-state index contributed by atoms with van der Waals surface area (Å²) >= 11 is 0. The molecule has 0 unspecified atom stereocenters. The lowest BCUT2D eigenvalue weighted by Crippen LogP contribution is -2.31. The third kappa shape index (κ3) is 5.95. The van der Waals surface area contributed by atoms with Crippen molar-refractivity contribution in [1.29, 1.82) is 0 Å². The topological polar surface area (TPSA) is 50.4 Å². The van der Waals surface area contributed by atoms with Crippen molar-refractivity contribution in [3.05, 3.63) is 0 Å². The molecule has 1 amide bonds. The summed E-state index contributed by atoms with van der Waals surface area (Å²) in [6.45, 7) is 5.60. The Morgan fingerprint density at radius 3 is 2.88 bits per heavy atom. The van der Waals surface area contributed by atoms with Gasteiger partial charge in [0, 0.05) is 6.54 Å². The Morgan fingerprint density at radius 2 is 2.19 bits per heavy atom. The predicted octanol–water partition coefficient (Wildman–Crippen LogP) is 1.90. The molecule has 1 saturated heterocycles. The number of alkyl carbamates (subject to hydrolysis) is 1. The monoisotopic (exact) mass is 228 g/mol. The summed E-state index contributed by atoms with van der Waals surface area (Å²) in [7, 11) is 0. The Hall–Kier alpha value is -0.770. The Bertz CT molecular complexity index is 191. The lowest BCUT2D eigenvalue weighted by atomic mass is 9.95. The largest absolute Gasteiger partial charge is 0.450 e. The van der Waals surface area contributed by atoms with E-state index in [1.54, 1.807) is 0 Å². The van der Waals surface area contributed by atoms with E-state index in [4.69, 9.17) is 4.74 Å². The Morgan fingerprint density at radius 1 is 1.44 bits per heavy atom. The minimum absolute atomic E-state index is 0.262. The summed E-state index contributed by atoms with van der Waals surface area (Å²) in [6, 6.07) is 0. The molecule has 0 radical (unpaired) electrons. The highest BCUT2D eigenvalue weighted by molar-refractivity contribution is 5.66. The van der Waals surface area contributed by atoms with Crippen molar-refractivity contribution < 1.29 is 9.53 Å². The van der Waals surface area contributed by atoms with Gasteiger partial charge in [-0.2, -0.15) is 0 Å². The first-order valence-electron chi connectivity index (χ1n) is 6.44. The van der Waals surface area contributed by atoms with Crippen LogP contribution in [0.4, 0.5) is 4.79 Å². The van der Waals surface area contributed by atoms with E-state index >= 15 is 0 Å². The molecule has 4 nitrogen and oxygen atoms in total. The molecular formula is C12H24N2O2. The van der Waals surface area contributed by atoms with Crippen LogP contribution in [0.15, 0.2) is 0 Å². The van der Waals surface area contributed by atoms with E-state index in [9.17, 15) is 4.79 Å². The zero-order valence-corrected chi connectivity index (χ0v) is 10.3. The van der Waals surface area contributed by atoms with Crippen LogP contribution in [0.3, 0.4) is 0 Å². The quantitative estimate of drug-likeness (QED) is 0.683. The third-order valence-corrected chi connectivity index (χ3v) is 3.01. The van der Waals surface area contributed by atoms with Crippen molar-refractivity contribution in [3.63, 3.8) is 0 Å². The van der Waals surface area contributed by atoms with E-state index in [2.05, 4.69) is 17.6 Å². The van der Waals surface area contributed by atoms with Gasteiger partial charge in [0.15, 0.2) is 0 Å². The molecule has 0 aromatic carbocycles. The van der Waals surface area contributed by atoms with Gasteiger partial charge in [-0.15, -0.1) is 0 Å². The SMILES string of the molecule is CCCCOC(=O)NCCC1CCNCC1. The third-order valence-electron chi connectivity index (χ3n) is 3.01. The molecule has 1 rings (SSSR count). The summed E-state index contributed by atoms with van der Waals surface area (Å²) in [5.41, 5.74) is 0. The molecule has 1 heterocycles. The van der Waals surface area contributed by atoms with Crippen molar-refractivity contribution in [2.45, 2.75) is 39.0 Å². The standard InChI is InChI=1S/C12H24N2O2/c1-2-3-10-16-12(15)14-9-6-11-4-7-13-8-5-11/h11,13H,2-10H2,1H3,(H,14,15). The first kappa shape index (κ1) is 13.3. The van der Waals surface area contributed by atoms with Gasteiger partial charge in [-0.3, -0.25) is 0 Å². The van der Waals surface area contributed by atoms with Crippen molar-refractivity contribution in [2.24, 2.45) is 5.92 Å². The van der Waals surface area contributed by atoms with Crippen LogP contribution in [0.25, 0.3) is 0 Å². The van der Waals surface area contributed by atoms with Gasteiger partial charge in [0.2, 0.25) is 0 Å². The maximum absolute atomic E-state index is 11.2. The van der Waals surface area contributed by atoms with Gasteiger partial charge >= 0.3 is 6.09 Å². The zero-order chi connectivity index (χ0) is 11.6. The van der Waals surface area contributed by atoms with Crippen molar-refractivity contribution in [3.8, 4) is 0 Å². The molecule has 0 aromatic heterocycles. The molecule has 0 aromatic rings. The molecule has 0 bridgehead atoms. The van der Waals surface area contributed by atoms with Gasteiger partial charge < -0.3 is 15.4 Å². The number of carbonyl (C=O) groups is 1. The number of hydrogen-bond acceptors (Lipinski definition) is 3. The second kappa shape index (κ2) is 8.39. The summed E-state index contributed by atoms with van der Waals surface area (Å²) in [6.07, 6.45) is 5.27. The van der Waals surface area contributed by atoms with Gasteiger partial charge in [0.1, 0.15) is 0 Å². The van der Waals surface area contributed by atoms with Crippen LogP contribution in [0.1, 0.15) is 39.0 Å². The fourth-order valence-corrected chi connectivity index (χ4v) is 1.91. The molecule has 0 saturated carbocycles. The minimum Gasteiger partial charge on any atom is -0.450 e. The normalized spacial score (nSPS) is 17.1. The van der Waals surface area contributed by atoms with Gasteiger partial charge in [-0.05, 0) is 44.7 Å². The van der Waals surface area contributed by atoms with Crippen molar-refractivity contribution >= 4 is 6.09 Å². The molecule has 2 N–H and O–H groups in total. The average molecular weight is 228 g/mol. The van der Waals surface area contributed by atoms with Gasteiger partial charge in [0.25, 0.3) is 0 Å². The fourth-order valence-electron chi connectivity index (χ4n) is 1.91. The highest BCUT2D eigenvalue weighted by Crippen LogP contribution is 2.14. The summed E-state index contributed by atoms with van der Waals surface area (Å²) in [4.78, 5) is 11.2. The van der Waals surface area contributed by atoms with Crippen LogP contribution in [0, 0.1) is 5.92 Å². The molecule has 1 aliphatic rings. The Balaban J connectivity index is 1.94. The number of unbranched alkanes of at least 4 members (excludes halogenated alkanes) is 1. The highest BCUT2D eigenvalue weighted by atomic mass is 16.5. The summed E-state index contributed by atoms with van der Waals surface area (Å²) < 4.78 is 5.01. The predicted molar refractivity (Wildman–Crippen MR) is 64.5 cm³/mol. The molecule has 0 atom stereocenters. The smallest absolute Gasteiger partial charge is 0.407 e. The van der Waals surface area contributed by atoms with E-state index in [-0.39, 0.29) is 6.09 Å². The first-order valence-corrected chi connectivity index (χ1v) is 6.44. The van der Waals surface area contributed by atoms with Crippen LogP contribution in [0.5, 0.6) is 0 Å². The molecule has 0 aliphatic carbocycles. The van der Waals surface area contributed by atoms with Crippen LogP contribution in [-0.2, 0) is 4.74 Å². The lowest BCUT2D eigenvalue weighted by molar-refractivity contribution is 0.143. The van der Waals surface area contributed by atoms with Crippen molar-refractivity contribution in [1.82, 2.24) is 10.6 Å². The second-order valence-electron chi connectivity index (χ2n) is 4.40. The van der Waals surface area contributed by atoms with Gasteiger partial charge in [-0.25, -0.2) is 4.79 Å². The number of hydrogen-bond donors (Lipinski definition) is 2. The lowest BCUT2D eigenvalue weighted by Gasteiger charge is -2.22. The minimum atomic E-state index is -0.262. The molecule has 94 valence electrons.